The van der Waals surface area contributed by atoms with Gasteiger partial charge in [-0.2, -0.15) is 0 Å². The fraction of sp³-hybridized carbons (Fsp3) is 0.333. The Balaban J connectivity index is 1.80. The molecule has 0 saturated carbocycles. The summed E-state index contributed by atoms with van der Waals surface area (Å²) >= 11 is 7.73. The lowest BCUT2D eigenvalue weighted by molar-refractivity contribution is 0.585. The van der Waals surface area contributed by atoms with Crippen molar-refractivity contribution in [3.63, 3.8) is 0 Å². The molecule has 0 radical (unpaired) electrons. The summed E-state index contributed by atoms with van der Waals surface area (Å²) in [6.45, 7) is 5.35. The first-order chi connectivity index (χ1) is 8.65. The third-order valence-corrected chi connectivity index (χ3v) is 4.40. The molecule has 0 aliphatic rings. The van der Waals surface area contributed by atoms with Gasteiger partial charge in [0.2, 0.25) is 0 Å². The van der Waals surface area contributed by atoms with E-state index in [0.29, 0.717) is 6.04 Å². The quantitative estimate of drug-likeness (QED) is 0.843. The first-order valence-corrected chi connectivity index (χ1v) is 7.39. The third-order valence-electron chi connectivity index (χ3n) is 2.97. The molecule has 2 rings (SSSR count). The highest BCUT2D eigenvalue weighted by Gasteiger charge is 2.06. The lowest BCUT2D eigenvalue weighted by atomic mass is 10.1. The van der Waals surface area contributed by atoms with Crippen molar-refractivity contribution in [2.75, 3.05) is 6.54 Å². The maximum Gasteiger partial charge on any atom is 0.0406 e. The Morgan fingerprint density at radius 3 is 2.50 bits per heavy atom. The molecule has 0 aliphatic heterocycles. The van der Waals surface area contributed by atoms with Gasteiger partial charge in [-0.05, 0) is 56.6 Å². The maximum absolute atomic E-state index is 5.86. The summed E-state index contributed by atoms with van der Waals surface area (Å²) < 4.78 is 0. The van der Waals surface area contributed by atoms with Gasteiger partial charge in [0.25, 0.3) is 0 Å². The number of halogens is 1. The molecule has 0 aliphatic carbocycles. The minimum atomic E-state index is 0.427. The number of hydrogen-bond donors (Lipinski definition) is 1. The Bertz CT molecular complexity index is 489. The molecule has 1 unspecified atom stereocenters. The Kier molecular flexibility index (Phi) is 4.81. The van der Waals surface area contributed by atoms with Gasteiger partial charge in [0.05, 0.1) is 0 Å². The van der Waals surface area contributed by atoms with Crippen molar-refractivity contribution in [1.29, 1.82) is 0 Å². The second kappa shape index (κ2) is 6.37. The van der Waals surface area contributed by atoms with Crippen LogP contribution in [0.5, 0.6) is 0 Å². The van der Waals surface area contributed by atoms with Crippen molar-refractivity contribution in [3.05, 3.63) is 56.7 Å². The molecule has 1 atom stereocenters. The number of thiophene rings is 1. The first-order valence-electron chi connectivity index (χ1n) is 6.19. The van der Waals surface area contributed by atoms with Gasteiger partial charge in [-0.1, -0.05) is 23.7 Å². The zero-order valence-electron chi connectivity index (χ0n) is 10.7. The van der Waals surface area contributed by atoms with E-state index in [1.165, 1.54) is 15.3 Å². The van der Waals surface area contributed by atoms with Crippen molar-refractivity contribution < 1.29 is 0 Å². The SMILES string of the molecule is Cc1ccc(C(C)NCCc2ccc(Cl)cc2)s1. The van der Waals surface area contributed by atoms with E-state index in [2.05, 4.69) is 43.4 Å². The lowest BCUT2D eigenvalue weighted by Crippen LogP contribution is -2.20. The Morgan fingerprint density at radius 1 is 1.17 bits per heavy atom. The molecule has 3 heteroatoms. The summed E-state index contributed by atoms with van der Waals surface area (Å²) in [4.78, 5) is 2.78. The summed E-state index contributed by atoms with van der Waals surface area (Å²) in [7, 11) is 0. The van der Waals surface area contributed by atoms with Crippen LogP contribution in [0, 0.1) is 6.92 Å². The van der Waals surface area contributed by atoms with Crippen molar-refractivity contribution in [1.82, 2.24) is 5.32 Å². The summed E-state index contributed by atoms with van der Waals surface area (Å²) in [5.41, 5.74) is 1.32. The van der Waals surface area contributed by atoms with Crippen LogP contribution in [0.4, 0.5) is 0 Å². The Morgan fingerprint density at radius 2 is 1.89 bits per heavy atom. The molecule has 1 aromatic heterocycles. The summed E-state index contributed by atoms with van der Waals surface area (Å²) in [5, 5.41) is 4.35. The summed E-state index contributed by atoms with van der Waals surface area (Å²) in [6, 6.07) is 12.9. The fourth-order valence-corrected chi connectivity index (χ4v) is 2.90. The van der Waals surface area contributed by atoms with E-state index in [4.69, 9.17) is 11.6 Å². The number of aryl methyl sites for hydroxylation is 1. The van der Waals surface area contributed by atoms with Gasteiger partial charge in [0, 0.05) is 20.8 Å². The first kappa shape index (κ1) is 13.6. The predicted molar refractivity (Wildman–Crippen MR) is 80.6 cm³/mol. The Labute approximate surface area is 118 Å². The van der Waals surface area contributed by atoms with E-state index < -0.39 is 0 Å². The van der Waals surface area contributed by atoms with Gasteiger partial charge in [-0.15, -0.1) is 11.3 Å². The topological polar surface area (TPSA) is 12.0 Å². The molecule has 2 aromatic rings. The van der Waals surface area contributed by atoms with E-state index in [0.717, 1.165) is 18.0 Å². The molecular weight excluding hydrogens is 262 g/mol. The normalized spacial score (nSPS) is 12.6. The average Bonchev–Trinajstić information content (AvgIpc) is 2.78. The largest absolute Gasteiger partial charge is 0.309 e. The molecule has 18 heavy (non-hydrogen) atoms. The van der Waals surface area contributed by atoms with Crippen molar-refractivity contribution in [2.45, 2.75) is 26.3 Å². The van der Waals surface area contributed by atoms with Crippen molar-refractivity contribution in [2.24, 2.45) is 0 Å². The number of nitrogens with one attached hydrogen (secondary N) is 1. The second-order valence-electron chi connectivity index (χ2n) is 4.50. The van der Waals surface area contributed by atoms with Gasteiger partial charge < -0.3 is 5.32 Å². The van der Waals surface area contributed by atoms with Gasteiger partial charge in [0.15, 0.2) is 0 Å². The van der Waals surface area contributed by atoms with Crippen LogP contribution in [0.1, 0.15) is 28.3 Å². The highest BCUT2D eigenvalue weighted by Crippen LogP contribution is 2.22. The second-order valence-corrected chi connectivity index (χ2v) is 6.26. The summed E-state index contributed by atoms with van der Waals surface area (Å²) in [6.07, 6.45) is 1.03. The van der Waals surface area contributed by atoms with Crippen LogP contribution in [0.15, 0.2) is 36.4 Å². The van der Waals surface area contributed by atoms with Crippen LogP contribution in [-0.4, -0.2) is 6.54 Å². The zero-order chi connectivity index (χ0) is 13.0. The zero-order valence-corrected chi connectivity index (χ0v) is 12.3. The highest BCUT2D eigenvalue weighted by atomic mass is 35.5. The molecule has 1 heterocycles. The molecule has 1 nitrogen and oxygen atoms in total. The Hall–Kier alpha value is -0.830. The number of benzene rings is 1. The van der Waals surface area contributed by atoms with Gasteiger partial charge in [-0.25, -0.2) is 0 Å². The molecule has 0 amide bonds. The molecule has 96 valence electrons. The minimum absolute atomic E-state index is 0.427. The molecule has 1 aromatic carbocycles. The van der Waals surface area contributed by atoms with E-state index in [1.54, 1.807) is 0 Å². The van der Waals surface area contributed by atoms with Crippen molar-refractivity contribution >= 4 is 22.9 Å². The molecule has 1 N–H and O–H groups in total. The monoisotopic (exact) mass is 279 g/mol. The smallest absolute Gasteiger partial charge is 0.0406 e. The van der Waals surface area contributed by atoms with Crippen LogP contribution in [0.25, 0.3) is 0 Å². The maximum atomic E-state index is 5.86. The van der Waals surface area contributed by atoms with Crippen LogP contribution < -0.4 is 5.32 Å². The van der Waals surface area contributed by atoms with Crippen LogP contribution in [0.3, 0.4) is 0 Å². The molecule has 0 saturated heterocycles. The van der Waals surface area contributed by atoms with E-state index >= 15 is 0 Å². The third kappa shape index (κ3) is 3.84. The average molecular weight is 280 g/mol. The number of hydrogen-bond acceptors (Lipinski definition) is 2. The summed E-state index contributed by atoms with van der Waals surface area (Å²) in [5.74, 6) is 0. The van der Waals surface area contributed by atoms with Crippen molar-refractivity contribution in [3.8, 4) is 0 Å². The van der Waals surface area contributed by atoms with E-state index in [9.17, 15) is 0 Å². The molecule has 0 bridgehead atoms. The minimum Gasteiger partial charge on any atom is -0.309 e. The van der Waals surface area contributed by atoms with Crippen LogP contribution >= 0.6 is 22.9 Å². The number of rotatable bonds is 5. The van der Waals surface area contributed by atoms with E-state index in [1.807, 2.05) is 23.5 Å². The van der Waals surface area contributed by atoms with Crippen LogP contribution in [0.2, 0.25) is 5.02 Å². The van der Waals surface area contributed by atoms with Gasteiger partial charge >= 0.3 is 0 Å². The van der Waals surface area contributed by atoms with Gasteiger partial charge in [0.1, 0.15) is 0 Å². The molecule has 0 spiro atoms. The van der Waals surface area contributed by atoms with Crippen LogP contribution in [-0.2, 0) is 6.42 Å². The predicted octanol–water partition coefficient (Wildman–Crippen LogP) is 4.60. The standard InChI is InChI=1S/C15H18ClNS/c1-11-3-8-15(18-11)12(2)17-10-9-13-4-6-14(16)7-5-13/h3-8,12,17H,9-10H2,1-2H3. The molecular formula is C15H18ClNS. The highest BCUT2D eigenvalue weighted by molar-refractivity contribution is 7.12. The lowest BCUT2D eigenvalue weighted by Gasteiger charge is -2.12. The fourth-order valence-electron chi connectivity index (χ4n) is 1.87. The molecule has 0 fully saturated rings. The van der Waals surface area contributed by atoms with E-state index in [-0.39, 0.29) is 0 Å². The van der Waals surface area contributed by atoms with Gasteiger partial charge in [-0.3, -0.25) is 0 Å².